The molecule has 34 heavy (non-hydrogen) atoms. The second-order valence-corrected chi connectivity index (χ2v) is 13.4. The van der Waals surface area contributed by atoms with Crippen molar-refractivity contribution in [2.45, 2.75) is 94.7 Å². The molecule has 0 radical (unpaired) electrons. The molecule has 2 aliphatic heterocycles. The molecular weight excluding hydrogens is 444 g/mol. The average Bonchev–Trinajstić information content (AvgIpc) is 3.23. The molecule has 0 aliphatic carbocycles. The third kappa shape index (κ3) is 5.92. The van der Waals surface area contributed by atoms with Gasteiger partial charge in [-0.15, -0.1) is 11.8 Å². The molecule has 0 N–H and O–H groups in total. The predicted molar refractivity (Wildman–Crippen MR) is 140 cm³/mol. The van der Waals surface area contributed by atoms with Crippen LogP contribution in [0.4, 0.5) is 0 Å². The maximum atomic E-state index is 6.29. The summed E-state index contributed by atoms with van der Waals surface area (Å²) in [6.07, 6.45) is -0.0172. The molecule has 4 atom stereocenters. The lowest BCUT2D eigenvalue weighted by Crippen LogP contribution is -2.34. The first kappa shape index (κ1) is 25.4. The molecule has 0 amide bonds. The lowest BCUT2D eigenvalue weighted by molar-refractivity contribution is -0.148. The average molecular weight is 485 g/mol. The van der Waals surface area contributed by atoms with Crippen molar-refractivity contribution in [3.8, 4) is 11.5 Å². The number of hydrogen-bond donors (Lipinski definition) is 0. The summed E-state index contributed by atoms with van der Waals surface area (Å²) in [6, 6.07) is 16.9. The van der Waals surface area contributed by atoms with Gasteiger partial charge in [-0.1, -0.05) is 65.8 Å². The number of rotatable bonds is 6. The largest absolute Gasteiger partial charge is 0.492 e. The van der Waals surface area contributed by atoms with Crippen LogP contribution >= 0.6 is 11.8 Å². The molecule has 186 valence electrons. The number of benzene rings is 2. The molecule has 2 fully saturated rings. The quantitative estimate of drug-likeness (QED) is 0.454. The molecule has 2 saturated heterocycles. The summed E-state index contributed by atoms with van der Waals surface area (Å²) in [7, 11) is 0. The van der Waals surface area contributed by atoms with Gasteiger partial charge < -0.3 is 18.9 Å². The maximum Gasteiger partial charge on any atom is 0.163 e. The highest BCUT2D eigenvalue weighted by Crippen LogP contribution is 2.46. The van der Waals surface area contributed by atoms with Gasteiger partial charge in [0.25, 0.3) is 0 Å². The smallest absolute Gasteiger partial charge is 0.163 e. The predicted octanol–water partition coefficient (Wildman–Crippen LogP) is 6.74. The fraction of sp³-hybridized carbons (Fsp3) is 0.586. The van der Waals surface area contributed by atoms with Crippen molar-refractivity contribution in [1.82, 2.24) is 0 Å². The van der Waals surface area contributed by atoms with Crippen molar-refractivity contribution in [1.29, 1.82) is 0 Å². The first-order valence-electron chi connectivity index (χ1n) is 12.3. The third-order valence-corrected chi connectivity index (χ3v) is 8.02. The van der Waals surface area contributed by atoms with Gasteiger partial charge in [-0.05, 0) is 60.1 Å². The fourth-order valence-electron chi connectivity index (χ4n) is 4.50. The van der Waals surface area contributed by atoms with Gasteiger partial charge in [0.05, 0.1) is 10.5 Å². The fourth-order valence-corrected chi connectivity index (χ4v) is 5.97. The van der Waals surface area contributed by atoms with E-state index in [0.717, 1.165) is 11.5 Å². The molecule has 5 heteroatoms. The number of ether oxygens (including phenoxy) is 4. The Morgan fingerprint density at radius 3 is 1.35 bits per heavy atom. The summed E-state index contributed by atoms with van der Waals surface area (Å²) in [5, 5.41) is 0.372. The second-order valence-electron chi connectivity index (χ2n) is 11.9. The van der Waals surface area contributed by atoms with Crippen molar-refractivity contribution in [2.24, 2.45) is 0 Å². The molecule has 0 saturated carbocycles. The topological polar surface area (TPSA) is 36.9 Å². The van der Waals surface area contributed by atoms with Gasteiger partial charge in [-0.3, -0.25) is 0 Å². The van der Waals surface area contributed by atoms with E-state index in [1.54, 1.807) is 0 Å². The Bertz CT molecular complexity index is 876. The Balaban J connectivity index is 1.38. The Labute approximate surface area is 209 Å². The zero-order valence-electron chi connectivity index (χ0n) is 21.9. The summed E-state index contributed by atoms with van der Waals surface area (Å²) < 4.78 is 25.0. The monoisotopic (exact) mass is 484 g/mol. The minimum absolute atomic E-state index is 0.00860. The Kier molecular flexibility index (Phi) is 7.03. The maximum absolute atomic E-state index is 6.29. The van der Waals surface area contributed by atoms with Gasteiger partial charge >= 0.3 is 0 Å². The van der Waals surface area contributed by atoms with Crippen molar-refractivity contribution < 1.29 is 18.9 Å². The van der Waals surface area contributed by atoms with Gasteiger partial charge in [-0.2, -0.15) is 0 Å². The summed E-state index contributed by atoms with van der Waals surface area (Å²) in [5.74, 6) is 1.19. The Hall–Kier alpha value is -1.69. The van der Waals surface area contributed by atoms with Crippen LogP contribution in [0.15, 0.2) is 48.5 Å². The summed E-state index contributed by atoms with van der Waals surface area (Å²) >= 11 is 1.86. The van der Waals surface area contributed by atoms with Crippen LogP contribution < -0.4 is 9.47 Å². The first-order valence-corrected chi connectivity index (χ1v) is 13.2. The zero-order valence-corrected chi connectivity index (χ0v) is 22.7. The standard InChI is InChI=1S/C29H40O4S/c1-27(2,3)19-9-13-21(14-10-19)30-17-23-25-26(33-29(7,8)32-25)24(34-23)18-31-22-15-11-20(12-16-22)28(4,5)6/h9-16,23-26H,17-18H2,1-8H3/t23-,24-,25-,26-/m0/s1. The minimum Gasteiger partial charge on any atom is -0.492 e. The zero-order chi connectivity index (χ0) is 24.7. The van der Waals surface area contributed by atoms with E-state index in [2.05, 4.69) is 90.1 Å². The van der Waals surface area contributed by atoms with Crippen LogP contribution in [-0.4, -0.2) is 41.7 Å². The van der Waals surface area contributed by atoms with Gasteiger partial charge in [0.15, 0.2) is 5.79 Å². The highest BCUT2D eigenvalue weighted by Gasteiger charge is 2.55. The highest BCUT2D eigenvalue weighted by molar-refractivity contribution is 8.01. The normalized spacial score (nSPS) is 26.4. The molecule has 4 rings (SSSR count). The summed E-state index contributed by atoms with van der Waals surface area (Å²) in [5.41, 5.74) is 2.87. The van der Waals surface area contributed by atoms with Gasteiger partial charge in [0, 0.05) is 0 Å². The van der Waals surface area contributed by atoms with E-state index < -0.39 is 5.79 Å². The van der Waals surface area contributed by atoms with E-state index in [1.807, 2.05) is 25.6 Å². The van der Waals surface area contributed by atoms with Crippen LogP contribution in [0.2, 0.25) is 0 Å². The van der Waals surface area contributed by atoms with E-state index in [9.17, 15) is 0 Å². The van der Waals surface area contributed by atoms with Crippen LogP contribution in [-0.2, 0) is 20.3 Å². The lowest BCUT2D eigenvalue weighted by atomic mass is 9.87. The SMILES string of the molecule is CC1(C)O[C@@H]2[C@@H](O1)[C@H](COc1ccc(C(C)(C)C)cc1)S[C@H]2COc1ccc(C(C)(C)C)cc1. The van der Waals surface area contributed by atoms with Crippen LogP contribution in [0.5, 0.6) is 11.5 Å². The molecule has 2 aliphatic rings. The number of fused-ring (bicyclic) bond motifs is 1. The summed E-state index contributed by atoms with van der Waals surface area (Å²) in [6.45, 7) is 18.5. The van der Waals surface area contributed by atoms with Crippen molar-refractivity contribution in [3.05, 3.63) is 59.7 Å². The van der Waals surface area contributed by atoms with E-state index >= 15 is 0 Å². The molecule has 0 spiro atoms. The second kappa shape index (κ2) is 9.40. The third-order valence-electron chi connectivity index (χ3n) is 6.52. The molecule has 4 nitrogen and oxygen atoms in total. The highest BCUT2D eigenvalue weighted by atomic mass is 32.2. The minimum atomic E-state index is -0.588. The first-order chi connectivity index (χ1) is 15.8. The molecule has 0 aromatic heterocycles. The van der Waals surface area contributed by atoms with Crippen LogP contribution in [0.3, 0.4) is 0 Å². The van der Waals surface area contributed by atoms with Gasteiger partial charge in [0.2, 0.25) is 0 Å². The lowest BCUT2D eigenvalue weighted by Gasteiger charge is -2.24. The molecule has 2 aromatic carbocycles. The van der Waals surface area contributed by atoms with Crippen molar-refractivity contribution >= 4 is 11.8 Å². The van der Waals surface area contributed by atoms with Gasteiger partial charge in [-0.25, -0.2) is 0 Å². The van der Waals surface area contributed by atoms with Crippen molar-refractivity contribution in [3.63, 3.8) is 0 Å². The Morgan fingerprint density at radius 2 is 1.03 bits per heavy atom. The van der Waals surface area contributed by atoms with E-state index in [1.165, 1.54) is 11.1 Å². The molecule has 2 aromatic rings. The van der Waals surface area contributed by atoms with E-state index in [4.69, 9.17) is 18.9 Å². The summed E-state index contributed by atoms with van der Waals surface area (Å²) in [4.78, 5) is 0. The molecule has 0 unspecified atom stereocenters. The molecule has 2 heterocycles. The van der Waals surface area contributed by atoms with Crippen molar-refractivity contribution in [2.75, 3.05) is 13.2 Å². The number of thioether (sulfide) groups is 1. The van der Waals surface area contributed by atoms with Gasteiger partial charge in [0.1, 0.15) is 36.9 Å². The van der Waals surface area contributed by atoms with E-state index in [0.29, 0.717) is 13.2 Å². The van der Waals surface area contributed by atoms with E-state index in [-0.39, 0.29) is 33.5 Å². The number of hydrogen-bond acceptors (Lipinski definition) is 5. The molecule has 0 bridgehead atoms. The molecular formula is C29H40O4S. The van der Waals surface area contributed by atoms with Crippen LogP contribution in [0.25, 0.3) is 0 Å². The Morgan fingerprint density at radius 1 is 0.676 bits per heavy atom. The van der Waals surface area contributed by atoms with Crippen LogP contribution in [0, 0.1) is 0 Å². The van der Waals surface area contributed by atoms with Crippen LogP contribution in [0.1, 0.15) is 66.5 Å².